The van der Waals surface area contributed by atoms with Gasteiger partial charge in [-0.2, -0.15) is 0 Å². The van der Waals surface area contributed by atoms with Crippen molar-refractivity contribution in [3.8, 4) is 0 Å². The van der Waals surface area contributed by atoms with Crippen LogP contribution in [0.5, 0.6) is 0 Å². The smallest absolute Gasteiger partial charge is 0.125 e. The van der Waals surface area contributed by atoms with E-state index in [0.29, 0.717) is 0 Å². The van der Waals surface area contributed by atoms with Crippen LogP contribution < -0.4 is 0 Å². The molecule has 0 spiro atoms. The Labute approximate surface area is 165 Å². The summed E-state index contributed by atoms with van der Waals surface area (Å²) in [6, 6.07) is 10.6. The van der Waals surface area contributed by atoms with Crippen molar-refractivity contribution in [3.63, 3.8) is 0 Å². The summed E-state index contributed by atoms with van der Waals surface area (Å²) in [7, 11) is 0. The Morgan fingerprint density at radius 3 is 2.12 bits per heavy atom. The summed E-state index contributed by atoms with van der Waals surface area (Å²) in [5, 5.41) is 0.939. The standard InChI is InChI=1S/C21H33ClN2.ClH/c1-3-4-5-6-7-8-9-13-16-23-18-24(19(2)21(23)22)17-20-14-11-10-12-15-20;/h10-12,14-15H,3-9,13,16-18H2,1-2H3;1H. The Morgan fingerprint density at radius 1 is 0.880 bits per heavy atom. The molecule has 142 valence electrons. The zero-order valence-corrected chi connectivity index (χ0v) is 17.4. The first-order valence-corrected chi connectivity index (χ1v) is 10.0. The van der Waals surface area contributed by atoms with E-state index in [9.17, 15) is 0 Å². The van der Waals surface area contributed by atoms with Crippen molar-refractivity contribution in [2.75, 3.05) is 13.2 Å². The molecule has 0 saturated heterocycles. The van der Waals surface area contributed by atoms with Crippen molar-refractivity contribution in [3.05, 3.63) is 46.7 Å². The summed E-state index contributed by atoms with van der Waals surface area (Å²) < 4.78 is 0. The molecular weight excluding hydrogens is 351 g/mol. The predicted octanol–water partition coefficient (Wildman–Crippen LogP) is 6.75. The summed E-state index contributed by atoms with van der Waals surface area (Å²) in [5.41, 5.74) is 2.55. The SMILES string of the molecule is CCCCCCCCCCN1CN(Cc2ccccc2)C(C)=C1Cl.Cl. The number of rotatable bonds is 11. The molecule has 2 rings (SSSR count). The number of hydrogen-bond acceptors (Lipinski definition) is 2. The first-order chi connectivity index (χ1) is 11.7. The molecule has 1 aromatic carbocycles. The van der Waals surface area contributed by atoms with Crippen LogP contribution in [0.15, 0.2) is 41.2 Å². The molecule has 0 bridgehead atoms. The van der Waals surface area contributed by atoms with Gasteiger partial charge in [0.05, 0.1) is 6.67 Å². The molecule has 1 heterocycles. The third-order valence-corrected chi connectivity index (χ3v) is 5.40. The lowest BCUT2D eigenvalue weighted by molar-refractivity contribution is 0.243. The van der Waals surface area contributed by atoms with Crippen LogP contribution in [0.4, 0.5) is 0 Å². The summed E-state index contributed by atoms with van der Waals surface area (Å²) in [6.45, 7) is 7.36. The second-order valence-corrected chi connectivity index (χ2v) is 7.30. The minimum Gasteiger partial charge on any atom is -0.351 e. The maximum Gasteiger partial charge on any atom is 0.125 e. The van der Waals surface area contributed by atoms with Crippen molar-refractivity contribution in [2.45, 2.75) is 71.8 Å². The maximum atomic E-state index is 6.55. The van der Waals surface area contributed by atoms with Crippen molar-refractivity contribution in [1.82, 2.24) is 9.80 Å². The third kappa shape index (κ3) is 7.50. The average Bonchev–Trinajstić information content (AvgIpc) is 2.86. The molecule has 1 aliphatic rings. The van der Waals surface area contributed by atoms with Crippen molar-refractivity contribution in [1.29, 1.82) is 0 Å². The van der Waals surface area contributed by atoms with Crippen LogP contribution in [-0.2, 0) is 6.54 Å². The van der Waals surface area contributed by atoms with Gasteiger partial charge in [-0.25, -0.2) is 0 Å². The van der Waals surface area contributed by atoms with Gasteiger partial charge in [0.15, 0.2) is 0 Å². The summed E-state index contributed by atoms with van der Waals surface area (Å²) >= 11 is 6.55. The normalized spacial score (nSPS) is 14.2. The highest BCUT2D eigenvalue weighted by molar-refractivity contribution is 6.29. The van der Waals surface area contributed by atoms with Crippen LogP contribution in [-0.4, -0.2) is 23.0 Å². The van der Waals surface area contributed by atoms with E-state index in [2.05, 4.69) is 54.0 Å². The minimum atomic E-state index is 0. The van der Waals surface area contributed by atoms with Gasteiger partial charge in [0.1, 0.15) is 5.16 Å². The van der Waals surface area contributed by atoms with E-state index >= 15 is 0 Å². The van der Waals surface area contributed by atoms with Crippen molar-refractivity contribution >= 4 is 24.0 Å². The van der Waals surface area contributed by atoms with E-state index in [4.69, 9.17) is 11.6 Å². The van der Waals surface area contributed by atoms with Gasteiger partial charge < -0.3 is 9.80 Å². The monoisotopic (exact) mass is 384 g/mol. The average molecular weight is 385 g/mol. The fourth-order valence-corrected chi connectivity index (χ4v) is 3.57. The largest absolute Gasteiger partial charge is 0.351 e. The highest BCUT2D eigenvalue weighted by Gasteiger charge is 2.24. The molecule has 0 aromatic heterocycles. The van der Waals surface area contributed by atoms with Crippen LogP contribution in [0.3, 0.4) is 0 Å². The molecule has 25 heavy (non-hydrogen) atoms. The quantitative estimate of drug-likeness (QED) is 0.307. The minimum absolute atomic E-state index is 0. The molecule has 0 radical (unpaired) electrons. The van der Waals surface area contributed by atoms with Gasteiger partial charge in [-0.1, -0.05) is 93.8 Å². The second-order valence-electron chi connectivity index (χ2n) is 6.94. The van der Waals surface area contributed by atoms with Crippen LogP contribution in [0.1, 0.15) is 70.8 Å². The van der Waals surface area contributed by atoms with Gasteiger partial charge in [0.2, 0.25) is 0 Å². The zero-order chi connectivity index (χ0) is 17.2. The number of benzene rings is 1. The molecule has 0 fully saturated rings. The van der Waals surface area contributed by atoms with Crippen LogP contribution in [0.25, 0.3) is 0 Å². The van der Waals surface area contributed by atoms with Gasteiger partial charge in [0, 0.05) is 18.8 Å². The molecule has 2 nitrogen and oxygen atoms in total. The van der Waals surface area contributed by atoms with Crippen molar-refractivity contribution < 1.29 is 0 Å². The summed E-state index contributed by atoms with van der Waals surface area (Å²) in [5.74, 6) is 0. The molecular formula is C21H34Cl2N2. The first-order valence-electron chi connectivity index (χ1n) is 9.62. The number of halogens is 2. The number of allylic oxidation sites excluding steroid dienone is 1. The molecule has 0 amide bonds. The van der Waals surface area contributed by atoms with Crippen LogP contribution >= 0.6 is 24.0 Å². The van der Waals surface area contributed by atoms with Crippen LogP contribution in [0.2, 0.25) is 0 Å². The summed E-state index contributed by atoms with van der Waals surface area (Å²) in [4.78, 5) is 4.71. The Kier molecular flexibility index (Phi) is 11.1. The molecule has 0 saturated carbocycles. The molecule has 0 atom stereocenters. The van der Waals surface area contributed by atoms with E-state index in [-0.39, 0.29) is 12.4 Å². The van der Waals surface area contributed by atoms with Gasteiger partial charge in [-0.3, -0.25) is 0 Å². The molecule has 0 unspecified atom stereocenters. The number of hydrogen-bond donors (Lipinski definition) is 0. The Bertz CT molecular complexity index is 502. The molecule has 0 aliphatic carbocycles. The first kappa shape index (κ1) is 22.2. The predicted molar refractivity (Wildman–Crippen MR) is 112 cm³/mol. The Balaban J connectivity index is 0.00000312. The van der Waals surface area contributed by atoms with E-state index in [0.717, 1.165) is 24.9 Å². The number of nitrogens with zero attached hydrogens (tertiary/aromatic N) is 2. The van der Waals surface area contributed by atoms with E-state index < -0.39 is 0 Å². The third-order valence-electron chi connectivity index (χ3n) is 4.89. The topological polar surface area (TPSA) is 6.48 Å². The number of unbranched alkanes of at least 4 members (excludes halogenated alkanes) is 7. The molecule has 4 heteroatoms. The molecule has 1 aromatic rings. The highest BCUT2D eigenvalue weighted by atomic mass is 35.5. The van der Waals surface area contributed by atoms with Crippen LogP contribution in [0, 0.1) is 0 Å². The lowest BCUT2D eigenvalue weighted by atomic mass is 10.1. The van der Waals surface area contributed by atoms with Gasteiger partial charge in [-0.05, 0) is 18.9 Å². The highest BCUT2D eigenvalue weighted by Crippen LogP contribution is 2.28. The lowest BCUT2D eigenvalue weighted by Crippen LogP contribution is -2.27. The van der Waals surface area contributed by atoms with Crippen molar-refractivity contribution in [2.24, 2.45) is 0 Å². The molecule has 1 aliphatic heterocycles. The Morgan fingerprint density at radius 2 is 1.48 bits per heavy atom. The van der Waals surface area contributed by atoms with E-state index in [1.165, 1.54) is 62.6 Å². The lowest BCUT2D eigenvalue weighted by Gasteiger charge is -2.23. The van der Waals surface area contributed by atoms with E-state index in [1.807, 2.05) is 0 Å². The van der Waals surface area contributed by atoms with Gasteiger partial charge in [0.25, 0.3) is 0 Å². The Hall–Kier alpha value is -0.860. The maximum absolute atomic E-state index is 6.55. The van der Waals surface area contributed by atoms with Gasteiger partial charge in [-0.15, -0.1) is 12.4 Å². The fraction of sp³-hybridized carbons (Fsp3) is 0.619. The summed E-state index contributed by atoms with van der Waals surface area (Å²) in [6.07, 6.45) is 10.9. The van der Waals surface area contributed by atoms with Gasteiger partial charge >= 0.3 is 0 Å². The fourth-order valence-electron chi connectivity index (χ4n) is 3.31. The molecule has 0 N–H and O–H groups in total. The second kappa shape index (κ2) is 12.5. The zero-order valence-electron chi connectivity index (χ0n) is 15.8. The van der Waals surface area contributed by atoms with E-state index in [1.54, 1.807) is 0 Å².